The molecule has 0 saturated heterocycles. The van der Waals surface area contributed by atoms with Crippen LogP contribution in [-0.2, 0) is 0 Å². The number of aliphatic hydroxyl groups is 1. The van der Waals surface area contributed by atoms with Gasteiger partial charge in [-0.05, 0) is 30.5 Å². The number of fused-ring (bicyclic) bond motifs is 1. The van der Waals surface area contributed by atoms with Gasteiger partial charge < -0.3 is 10.8 Å². The molecule has 1 aromatic heterocycles. The summed E-state index contributed by atoms with van der Waals surface area (Å²) in [6, 6.07) is 10.3. The number of thiophene rings is 1. The molecule has 2 unspecified atom stereocenters. The molecule has 0 radical (unpaired) electrons. The van der Waals surface area contributed by atoms with Crippen LogP contribution in [0.15, 0.2) is 30.3 Å². The van der Waals surface area contributed by atoms with Crippen molar-refractivity contribution in [2.45, 2.75) is 25.9 Å². The van der Waals surface area contributed by atoms with Crippen molar-refractivity contribution in [3.8, 4) is 0 Å². The second kappa shape index (κ2) is 5.63. The maximum Gasteiger partial charge on any atom is 0.0922 e. The topological polar surface area (TPSA) is 46.2 Å². The van der Waals surface area contributed by atoms with Gasteiger partial charge in [-0.2, -0.15) is 0 Å². The molecule has 17 heavy (non-hydrogen) atoms. The number of hydrogen-bond acceptors (Lipinski definition) is 3. The van der Waals surface area contributed by atoms with E-state index in [1.165, 1.54) is 10.1 Å². The second-order valence-corrected chi connectivity index (χ2v) is 5.53. The van der Waals surface area contributed by atoms with Crippen molar-refractivity contribution >= 4 is 21.4 Å². The molecule has 0 saturated carbocycles. The summed E-state index contributed by atoms with van der Waals surface area (Å²) >= 11 is 1.67. The van der Waals surface area contributed by atoms with Crippen LogP contribution in [0.2, 0.25) is 0 Å². The van der Waals surface area contributed by atoms with Gasteiger partial charge in [0.15, 0.2) is 0 Å². The number of rotatable bonds is 5. The zero-order chi connectivity index (χ0) is 12.3. The minimum absolute atomic E-state index is 0.174. The van der Waals surface area contributed by atoms with Gasteiger partial charge in [0.25, 0.3) is 0 Å². The molecule has 0 fully saturated rings. The summed E-state index contributed by atoms with van der Waals surface area (Å²) in [5.41, 5.74) is 5.74. The highest BCUT2D eigenvalue weighted by atomic mass is 32.1. The van der Waals surface area contributed by atoms with Crippen molar-refractivity contribution in [2.75, 3.05) is 6.54 Å². The van der Waals surface area contributed by atoms with Crippen LogP contribution in [0.4, 0.5) is 0 Å². The molecule has 2 nitrogen and oxygen atoms in total. The number of nitrogens with two attached hydrogens (primary N) is 1. The average molecular weight is 249 g/mol. The monoisotopic (exact) mass is 249 g/mol. The minimum Gasteiger partial charge on any atom is -0.387 e. The molecule has 92 valence electrons. The summed E-state index contributed by atoms with van der Waals surface area (Å²) in [7, 11) is 0. The molecule has 0 aliphatic rings. The van der Waals surface area contributed by atoms with E-state index < -0.39 is 6.10 Å². The molecule has 2 rings (SSSR count). The summed E-state index contributed by atoms with van der Waals surface area (Å²) in [5.74, 6) is 0.174. The van der Waals surface area contributed by atoms with Crippen molar-refractivity contribution in [1.29, 1.82) is 0 Å². The van der Waals surface area contributed by atoms with E-state index >= 15 is 0 Å². The fourth-order valence-electron chi connectivity index (χ4n) is 2.16. The molecule has 2 aromatic rings. The van der Waals surface area contributed by atoms with Crippen LogP contribution in [0.25, 0.3) is 10.1 Å². The second-order valence-electron chi connectivity index (χ2n) is 4.42. The number of hydrogen-bond donors (Lipinski definition) is 2. The Balaban J connectivity index is 2.25. The van der Waals surface area contributed by atoms with Gasteiger partial charge in [0.2, 0.25) is 0 Å². The van der Waals surface area contributed by atoms with E-state index in [1.54, 1.807) is 11.3 Å². The largest absolute Gasteiger partial charge is 0.387 e. The van der Waals surface area contributed by atoms with Crippen molar-refractivity contribution < 1.29 is 5.11 Å². The van der Waals surface area contributed by atoms with Gasteiger partial charge in [-0.1, -0.05) is 31.5 Å². The van der Waals surface area contributed by atoms with Gasteiger partial charge in [-0.25, -0.2) is 0 Å². The van der Waals surface area contributed by atoms with E-state index in [9.17, 15) is 5.11 Å². The minimum atomic E-state index is -0.419. The highest BCUT2D eigenvalue weighted by Gasteiger charge is 2.20. The van der Waals surface area contributed by atoms with E-state index in [0.717, 1.165) is 17.7 Å². The lowest BCUT2D eigenvalue weighted by Gasteiger charge is -2.19. The predicted octanol–water partition coefficient (Wildman–Crippen LogP) is 3.31. The Kier molecular flexibility index (Phi) is 4.15. The normalized spacial score (nSPS) is 15.0. The van der Waals surface area contributed by atoms with E-state index in [4.69, 9.17) is 5.73 Å². The third kappa shape index (κ3) is 2.68. The molecule has 0 amide bonds. The molecular formula is C14H19NOS. The first-order chi connectivity index (χ1) is 8.26. The average Bonchev–Trinajstić information content (AvgIpc) is 2.78. The molecule has 1 aromatic carbocycles. The smallest absolute Gasteiger partial charge is 0.0922 e. The van der Waals surface area contributed by atoms with E-state index in [2.05, 4.69) is 25.1 Å². The van der Waals surface area contributed by atoms with E-state index in [1.807, 2.05) is 12.1 Å². The lowest BCUT2D eigenvalue weighted by Crippen LogP contribution is -2.21. The van der Waals surface area contributed by atoms with Gasteiger partial charge in [0.1, 0.15) is 0 Å². The summed E-state index contributed by atoms with van der Waals surface area (Å²) in [4.78, 5) is 1.04. The quantitative estimate of drug-likeness (QED) is 0.854. The maximum absolute atomic E-state index is 10.3. The first kappa shape index (κ1) is 12.6. The first-order valence-electron chi connectivity index (χ1n) is 6.13. The van der Waals surface area contributed by atoms with Crippen LogP contribution in [0.3, 0.4) is 0 Å². The zero-order valence-corrected chi connectivity index (χ0v) is 10.9. The van der Waals surface area contributed by atoms with Crippen LogP contribution >= 0.6 is 11.3 Å². The molecule has 3 N–H and O–H groups in total. The van der Waals surface area contributed by atoms with Crippen LogP contribution in [-0.4, -0.2) is 11.7 Å². The van der Waals surface area contributed by atoms with Crippen LogP contribution < -0.4 is 5.73 Å². The molecule has 2 atom stereocenters. The number of aliphatic hydroxyl groups excluding tert-OH is 1. The Hall–Kier alpha value is -0.900. The highest BCUT2D eigenvalue weighted by molar-refractivity contribution is 7.19. The Bertz CT molecular complexity index is 447. The van der Waals surface area contributed by atoms with Gasteiger partial charge >= 0.3 is 0 Å². The maximum atomic E-state index is 10.3. The Morgan fingerprint density at radius 2 is 2.12 bits per heavy atom. The molecular weight excluding hydrogens is 230 g/mol. The molecule has 0 bridgehead atoms. The Morgan fingerprint density at radius 1 is 1.35 bits per heavy atom. The van der Waals surface area contributed by atoms with Crippen LogP contribution in [0.1, 0.15) is 30.7 Å². The fourth-order valence-corrected chi connectivity index (χ4v) is 3.30. The number of benzene rings is 1. The molecule has 1 heterocycles. The van der Waals surface area contributed by atoms with E-state index in [0.29, 0.717) is 6.54 Å². The molecule has 0 spiro atoms. The SMILES string of the molecule is CCCC(CN)C(O)c1cc2ccccc2s1. The van der Waals surface area contributed by atoms with Gasteiger partial charge in [-0.3, -0.25) is 0 Å². The predicted molar refractivity (Wildman–Crippen MR) is 74.2 cm³/mol. The Morgan fingerprint density at radius 3 is 2.76 bits per heavy atom. The van der Waals surface area contributed by atoms with Gasteiger partial charge in [0.05, 0.1) is 6.10 Å². The van der Waals surface area contributed by atoms with Gasteiger partial charge in [0, 0.05) is 15.5 Å². The Labute approximate surface area is 106 Å². The standard InChI is InChI=1S/C14H19NOS/c1-2-5-11(9-15)14(16)13-8-10-6-3-4-7-12(10)17-13/h3-4,6-8,11,14,16H,2,5,9,15H2,1H3. The van der Waals surface area contributed by atoms with Crippen molar-refractivity contribution in [3.63, 3.8) is 0 Å². The molecule has 0 aliphatic carbocycles. The summed E-state index contributed by atoms with van der Waals surface area (Å²) in [6.07, 6.45) is 1.62. The molecule has 3 heteroatoms. The lowest BCUT2D eigenvalue weighted by molar-refractivity contribution is 0.110. The fraction of sp³-hybridized carbons (Fsp3) is 0.429. The van der Waals surface area contributed by atoms with Crippen molar-refractivity contribution in [3.05, 3.63) is 35.2 Å². The zero-order valence-electron chi connectivity index (χ0n) is 10.1. The van der Waals surface area contributed by atoms with Crippen molar-refractivity contribution in [2.24, 2.45) is 11.7 Å². The first-order valence-corrected chi connectivity index (χ1v) is 6.94. The van der Waals surface area contributed by atoms with Crippen LogP contribution in [0, 0.1) is 5.92 Å². The lowest BCUT2D eigenvalue weighted by atomic mass is 9.96. The van der Waals surface area contributed by atoms with Crippen molar-refractivity contribution in [1.82, 2.24) is 0 Å². The third-order valence-electron chi connectivity index (χ3n) is 3.14. The molecule has 0 aliphatic heterocycles. The van der Waals surface area contributed by atoms with Gasteiger partial charge in [-0.15, -0.1) is 11.3 Å². The highest BCUT2D eigenvalue weighted by Crippen LogP contribution is 2.34. The van der Waals surface area contributed by atoms with E-state index in [-0.39, 0.29) is 5.92 Å². The summed E-state index contributed by atoms with van der Waals surface area (Å²) in [5, 5.41) is 11.6. The van der Waals surface area contributed by atoms with Crippen LogP contribution in [0.5, 0.6) is 0 Å². The summed E-state index contributed by atoms with van der Waals surface area (Å²) < 4.78 is 1.23. The summed E-state index contributed by atoms with van der Waals surface area (Å²) in [6.45, 7) is 2.67. The third-order valence-corrected chi connectivity index (χ3v) is 4.33.